The maximum atomic E-state index is 13.7. The average Bonchev–Trinajstić information content (AvgIpc) is 3.86. The lowest BCUT2D eigenvalue weighted by molar-refractivity contribution is -0.144. The minimum absolute atomic E-state index is 0.0430. The lowest BCUT2D eigenvalue weighted by atomic mass is 10.1. The molecule has 4 bridgehead atoms. The number of aromatic nitrogens is 2. The van der Waals surface area contributed by atoms with E-state index in [0.717, 1.165) is 17.5 Å². The van der Waals surface area contributed by atoms with Crippen molar-refractivity contribution in [1.29, 1.82) is 0 Å². The van der Waals surface area contributed by atoms with E-state index in [2.05, 4.69) is 25.9 Å². The molecule has 4 aromatic rings. The largest absolute Gasteiger partial charge is 0.368 e. The summed E-state index contributed by atoms with van der Waals surface area (Å²) in [6, 6.07) is 17.4. The first-order chi connectivity index (χ1) is 22.3. The van der Waals surface area contributed by atoms with Gasteiger partial charge in [0.25, 0.3) is 17.7 Å². The molecule has 0 aliphatic carbocycles. The number of ether oxygens (including phenoxy) is 1. The van der Waals surface area contributed by atoms with Crippen LogP contribution in [0.15, 0.2) is 71.4 Å². The van der Waals surface area contributed by atoms with Crippen LogP contribution in [0.5, 0.6) is 0 Å². The van der Waals surface area contributed by atoms with Crippen LogP contribution in [0.3, 0.4) is 0 Å². The van der Waals surface area contributed by atoms with Gasteiger partial charge in [-0.2, -0.15) is 0 Å². The Morgan fingerprint density at radius 3 is 2.24 bits per heavy atom. The number of rotatable bonds is 4. The van der Waals surface area contributed by atoms with Crippen molar-refractivity contribution < 1.29 is 23.9 Å². The summed E-state index contributed by atoms with van der Waals surface area (Å²) in [7, 11) is 0. The second-order valence-electron chi connectivity index (χ2n) is 11.3. The van der Waals surface area contributed by atoms with Crippen LogP contribution in [0.1, 0.15) is 80.0 Å². The normalized spacial score (nSPS) is 22.7. The highest BCUT2D eigenvalue weighted by Gasteiger charge is 2.33. The van der Waals surface area contributed by atoms with Crippen molar-refractivity contribution in [1.82, 2.24) is 30.8 Å². The van der Waals surface area contributed by atoms with Crippen molar-refractivity contribution in [2.75, 3.05) is 19.7 Å². The maximum Gasteiger partial charge on any atom is 0.271 e. The van der Waals surface area contributed by atoms with Gasteiger partial charge in [0.05, 0.1) is 24.7 Å². The molecular formula is C33H34N6O5S2. The number of benzene rings is 2. The van der Waals surface area contributed by atoms with E-state index in [1.807, 2.05) is 60.7 Å². The molecule has 4 heterocycles. The molecular weight excluding hydrogens is 625 g/mol. The number of nitrogens with zero attached hydrogens (tertiary/aromatic N) is 3. The molecule has 0 radical (unpaired) electrons. The van der Waals surface area contributed by atoms with Gasteiger partial charge >= 0.3 is 0 Å². The molecule has 11 nitrogen and oxygen atoms in total. The zero-order chi connectivity index (χ0) is 32.0. The van der Waals surface area contributed by atoms with E-state index in [1.54, 1.807) is 17.7 Å². The molecule has 2 aromatic heterocycles. The first kappa shape index (κ1) is 31.5. The van der Waals surface area contributed by atoms with Crippen LogP contribution in [-0.2, 0) is 20.7 Å². The molecule has 4 atom stereocenters. The summed E-state index contributed by atoms with van der Waals surface area (Å²) in [4.78, 5) is 64.8. The smallest absolute Gasteiger partial charge is 0.271 e. The molecule has 4 amide bonds. The Bertz CT molecular complexity index is 1690. The number of carbonyl (C=O) groups is 4. The highest BCUT2D eigenvalue weighted by atomic mass is 32.1. The molecule has 13 heteroatoms. The Labute approximate surface area is 274 Å². The summed E-state index contributed by atoms with van der Waals surface area (Å²) < 4.78 is 5.69. The first-order valence-electron chi connectivity index (χ1n) is 15.1. The number of amides is 4. The van der Waals surface area contributed by atoms with Crippen LogP contribution >= 0.6 is 22.7 Å². The third kappa shape index (κ3) is 7.49. The van der Waals surface area contributed by atoms with E-state index in [9.17, 15) is 19.2 Å². The topological polar surface area (TPSA) is 143 Å². The fourth-order valence-corrected chi connectivity index (χ4v) is 7.18. The van der Waals surface area contributed by atoms with E-state index in [0.29, 0.717) is 29.5 Å². The van der Waals surface area contributed by atoms with Crippen LogP contribution in [0, 0.1) is 0 Å². The summed E-state index contributed by atoms with van der Waals surface area (Å²) in [5.41, 5.74) is 2.17. The first-order valence-corrected chi connectivity index (χ1v) is 16.9. The van der Waals surface area contributed by atoms with Gasteiger partial charge in [0, 0.05) is 23.9 Å². The number of thiazole rings is 2. The molecule has 1 fully saturated rings. The SMILES string of the molecule is C[C@@H]1NC(=O)CN(C(=O)[C@H]2CCCO2)C[C@@H](c2ccccc2)NC(=O)c2csc(n2)[C@@H](Cc2ccccc2)NC(=O)c2csc1n2. The zero-order valence-corrected chi connectivity index (χ0v) is 26.8. The van der Waals surface area contributed by atoms with E-state index >= 15 is 0 Å². The van der Waals surface area contributed by atoms with Crippen molar-refractivity contribution in [3.63, 3.8) is 0 Å². The minimum Gasteiger partial charge on any atom is -0.368 e. The highest BCUT2D eigenvalue weighted by Crippen LogP contribution is 2.26. The number of hydrogen-bond donors (Lipinski definition) is 3. The lowest BCUT2D eigenvalue weighted by Gasteiger charge is -2.30. The Balaban J connectivity index is 1.36. The zero-order valence-electron chi connectivity index (χ0n) is 25.2. The molecule has 46 heavy (non-hydrogen) atoms. The molecule has 2 aliphatic heterocycles. The Kier molecular flexibility index (Phi) is 9.81. The van der Waals surface area contributed by atoms with Gasteiger partial charge in [0.2, 0.25) is 5.91 Å². The molecule has 2 aliphatic rings. The van der Waals surface area contributed by atoms with Gasteiger partial charge in [-0.1, -0.05) is 60.7 Å². The van der Waals surface area contributed by atoms with Crippen molar-refractivity contribution in [2.24, 2.45) is 0 Å². The predicted molar refractivity (Wildman–Crippen MR) is 173 cm³/mol. The van der Waals surface area contributed by atoms with E-state index < -0.39 is 36.0 Å². The summed E-state index contributed by atoms with van der Waals surface area (Å²) in [5.74, 6) is -1.53. The quantitative estimate of drug-likeness (QED) is 0.301. The van der Waals surface area contributed by atoms with Crippen molar-refractivity contribution in [2.45, 2.75) is 50.4 Å². The number of nitrogens with one attached hydrogen (secondary N) is 3. The molecule has 238 valence electrons. The minimum atomic E-state index is -0.655. The Morgan fingerprint density at radius 2 is 1.54 bits per heavy atom. The van der Waals surface area contributed by atoms with Gasteiger partial charge < -0.3 is 25.6 Å². The van der Waals surface area contributed by atoms with Crippen LogP contribution in [0.4, 0.5) is 0 Å². The molecule has 0 unspecified atom stereocenters. The van der Waals surface area contributed by atoms with Gasteiger partial charge in [0.1, 0.15) is 27.5 Å². The second-order valence-corrected chi connectivity index (χ2v) is 13.1. The summed E-state index contributed by atoms with van der Waals surface area (Å²) in [6.07, 6.45) is 1.12. The average molecular weight is 659 g/mol. The Morgan fingerprint density at radius 1 is 0.891 bits per heavy atom. The Hall–Kier alpha value is -4.46. The highest BCUT2D eigenvalue weighted by molar-refractivity contribution is 7.10. The van der Waals surface area contributed by atoms with Gasteiger partial charge in [-0.15, -0.1) is 22.7 Å². The molecule has 6 rings (SSSR count). The van der Waals surface area contributed by atoms with E-state index in [4.69, 9.17) is 4.74 Å². The van der Waals surface area contributed by atoms with Crippen LogP contribution < -0.4 is 16.0 Å². The van der Waals surface area contributed by atoms with Gasteiger partial charge in [-0.05, 0) is 37.3 Å². The third-order valence-corrected chi connectivity index (χ3v) is 9.89. The lowest BCUT2D eigenvalue weighted by Crippen LogP contribution is -2.49. The van der Waals surface area contributed by atoms with Gasteiger partial charge in [0.15, 0.2) is 0 Å². The van der Waals surface area contributed by atoms with Gasteiger partial charge in [-0.25, -0.2) is 9.97 Å². The molecule has 3 N–H and O–H groups in total. The molecule has 0 spiro atoms. The third-order valence-electron chi connectivity index (χ3n) is 7.90. The summed E-state index contributed by atoms with van der Waals surface area (Å²) in [6.45, 7) is 2.05. The number of hydrogen-bond acceptors (Lipinski definition) is 9. The van der Waals surface area contributed by atoms with Crippen LogP contribution in [-0.4, -0.2) is 64.3 Å². The maximum absolute atomic E-state index is 13.7. The monoisotopic (exact) mass is 658 g/mol. The predicted octanol–water partition coefficient (Wildman–Crippen LogP) is 3.98. The van der Waals surface area contributed by atoms with Crippen molar-refractivity contribution in [3.8, 4) is 0 Å². The summed E-state index contributed by atoms with van der Waals surface area (Å²) in [5, 5.41) is 13.5. The van der Waals surface area contributed by atoms with Gasteiger partial charge in [-0.3, -0.25) is 19.2 Å². The molecule has 1 saturated heterocycles. The summed E-state index contributed by atoms with van der Waals surface area (Å²) >= 11 is 2.55. The van der Waals surface area contributed by atoms with E-state index in [1.165, 1.54) is 27.6 Å². The van der Waals surface area contributed by atoms with Crippen LogP contribution in [0.25, 0.3) is 0 Å². The van der Waals surface area contributed by atoms with Crippen LogP contribution in [0.2, 0.25) is 0 Å². The molecule has 2 aromatic carbocycles. The molecule has 0 saturated carbocycles. The van der Waals surface area contributed by atoms with E-state index in [-0.39, 0.29) is 36.3 Å². The number of carbonyl (C=O) groups excluding carboxylic acids is 4. The van der Waals surface area contributed by atoms with Crippen molar-refractivity contribution >= 4 is 46.3 Å². The van der Waals surface area contributed by atoms with Crippen molar-refractivity contribution in [3.05, 3.63) is 104 Å². The standard InChI is InChI=1S/C33H34N6O5S2/c1-20-31-37-25(18-45-31)29(41)35-23(15-21-9-4-2-5-10-21)32-38-26(19-46-32)30(42)36-24(22-11-6-3-7-12-22)16-39(17-28(40)34-20)33(43)27-13-8-14-44-27/h2-7,9-12,18-20,23-24,27H,8,13-17H2,1H3,(H,34,40)(H,35,41)(H,36,42)/t20-,23+,24-,27+/m0/s1. The fourth-order valence-electron chi connectivity index (χ4n) is 5.53. The second kappa shape index (κ2) is 14.3. The number of fused-ring (bicyclic) bond motifs is 4. The fraction of sp³-hybridized carbons (Fsp3) is 0.333.